The number of benzene rings is 1. The summed E-state index contributed by atoms with van der Waals surface area (Å²) in [5, 5.41) is -0.235. The summed E-state index contributed by atoms with van der Waals surface area (Å²) in [7, 11) is -2.00. The van der Waals surface area contributed by atoms with Gasteiger partial charge < -0.3 is 0 Å². The summed E-state index contributed by atoms with van der Waals surface area (Å²) in [5.74, 6) is 0. The van der Waals surface area contributed by atoms with Gasteiger partial charge in [-0.3, -0.25) is 0 Å². The van der Waals surface area contributed by atoms with Crippen molar-refractivity contribution in [1.29, 1.82) is 0 Å². The van der Waals surface area contributed by atoms with Crippen molar-refractivity contribution in [3.8, 4) is 0 Å². The van der Waals surface area contributed by atoms with Gasteiger partial charge in [-0.1, -0.05) is 15.9 Å². The van der Waals surface area contributed by atoms with Crippen LogP contribution in [-0.4, -0.2) is 31.7 Å². The Hall–Kier alpha value is 0.380. The van der Waals surface area contributed by atoms with Crippen molar-refractivity contribution in [1.82, 2.24) is 4.31 Å². The lowest BCUT2D eigenvalue weighted by Crippen LogP contribution is -2.31. The molecule has 17 heavy (non-hydrogen) atoms. The van der Waals surface area contributed by atoms with E-state index in [1.807, 2.05) is 0 Å². The van der Waals surface area contributed by atoms with E-state index in [9.17, 15) is 8.42 Å². The molecule has 1 rings (SSSR count). The van der Waals surface area contributed by atoms with E-state index in [1.165, 1.54) is 11.4 Å². The molecule has 0 N–H and O–H groups in total. The Bertz CT molecular complexity index is 505. The van der Waals surface area contributed by atoms with Crippen molar-refractivity contribution in [2.24, 2.45) is 0 Å². The second kappa shape index (κ2) is 6.02. The minimum Gasteiger partial charge on any atom is -0.207 e. The summed E-state index contributed by atoms with van der Waals surface area (Å²) in [6, 6.07) is 5.02. The molecule has 1 aromatic rings. The highest BCUT2D eigenvalue weighted by Crippen LogP contribution is 2.27. The van der Waals surface area contributed by atoms with Crippen molar-refractivity contribution >= 4 is 53.5 Å². The molecule has 96 valence electrons. The molecule has 0 radical (unpaired) electrons. The highest BCUT2D eigenvalue weighted by atomic mass is 79.9. The van der Waals surface area contributed by atoms with Crippen LogP contribution < -0.4 is 0 Å². The molecule has 0 spiro atoms. The first kappa shape index (κ1) is 15.4. The molecule has 0 bridgehead atoms. The molecule has 0 aromatic heterocycles. The minimum absolute atomic E-state index is 0.228. The maximum atomic E-state index is 12.3. The summed E-state index contributed by atoms with van der Waals surface area (Å²) in [4.78, 5) is 0.228. The van der Waals surface area contributed by atoms with Crippen LogP contribution in [0.3, 0.4) is 0 Å². The topological polar surface area (TPSA) is 37.4 Å². The number of hydrogen-bond acceptors (Lipinski definition) is 2. The fourth-order valence-corrected chi connectivity index (χ4v) is 4.30. The van der Waals surface area contributed by atoms with Gasteiger partial charge in [-0.05, 0) is 41.1 Å². The second-order valence-corrected chi connectivity index (χ2v) is 8.17. The van der Waals surface area contributed by atoms with Crippen LogP contribution in [0.4, 0.5) is 0 Å². The average molecular weight is 406 g/mol. The van der Waals surface area contributed by atoms with Crippen molar-refractivity contribution in [3.63, 3.8) is 0 Å². The summed E-state index contributed by atoms with van der Waals surface area (Å²) in [6.07, 6.45) is 0. The van der Waals surface area contributed by atoms with E-state index in [0.717, 1.165) is 0 Å². The lowest BCUT2D eigenvalue weighted by Gasteiger charge is -2.19. The Labute approximate surface area is 123 Å². The molecule has 0 heterocycles. The summed E-state index contributed by atoms with van der Waals surface area (Å²) in [5.41, 5.74) is 0. The Morgan fingerprint density at radius 2 is 2.00 bits per heavy atom. The van der Waals surface area contributed by atoms with E-state index in [2.05, 4.69) is 31.9 Å². The number of nitrogens with zero attached hydrogens (tertiary/aromatic N) is 1. The van der Waals surface area contributed by atoms with Crippen molar-refractivity contribution in [3.05, 3.63) is 27.1 Å². The predicted octanol–water partition coefficient (Wildman–Crippen LogP) is 3.46. The van der Waals surface area contributed by atoms with Gasteiger partial charge in [-0.15, -0.1) is 11.6 Å². The summed E-state index contributed by atoms with van der Waals surface area (Å²) >= 11 is 12.3. The SMILES string of the molecule is CC(Cl)CN(C)S(=O)(=O)c1cc(Br)ccc1Br. The van der Waals surface area contributed by atoms with Gasteiger partial charge in [0.2, 0.25) is 10.0 Å². The molecule has 1 aromatic carbocycles. The largest absolute Gasteiger partial charge is 0.244 e. The first-order chi connectivity index (χ1) is 7.75. The highest BCUT2D eigenvalue weighted by molar-refractivity contribution is 9.11. The lowest BCUT2D eigenvalue weighted by atomic mass is 10.4. The molecule has 1 unspecified atom stereocenters. The van der Waals surface area contributed by atoms with Crippen LogP contribution in [0.5, 0.6) is 0 Å². The van der Waals surface area contributed by atoms with Gasteiger partial charge in [-0.2, -0.15) is 4.31 Å². The maximum absolute atomic E-state index is 12.3. The molecule has 0 aliphatic rings. The zero-order valence-corrected chi connectivity index (χ0v) is 14.1. The van der Waals surface area contributed by atoms with E-state index >= 15 is 0 Å². The van der Waals surface area contributed by atoms with Gasteiger partial charge in [0.15, 0.2) is 0 Å². The van der Waals surface area contributed by atoms with Crippen molar-refractivity contribution in [2.75, 3.05) is 13.6 Å². The van der Waals surface area contributed by atoms with Crippen LogP contribution in [0.2, 0.25) is 0 Å². The van der Waals surface area contributed by atoms with Crippen LogP contribution in [0.1, 0.15) is 6.92 Å². The smallest absolute Gasteiger partial charge is 0.207 e. The normalized spacial score (nSPS) is 14.0. The Morgan fingerprint density at radius 1 is 1.41 bits per heavy atom. The monoisotopic (exact) mass is 403 g/mol. The van der Waals surface area contributed by atoms with Gasteiger partial charge in [0.05, 0.1) is 4.90 Å². The second-order valence-electron chi connectivity index (χ2n) is 3.64. The molecule has 0 saturated carbocycles. The number of hydrogen-bond donors (Lipinski definition) is 0. The third kappa shape index (κ3) is 3.92. The average Bonchev–Trinajstić information content (AvgIpc) is 2.20. The molecule has 7 heteroatoms. The molecule has 0 amide bonds. The minimum atomic E-state index is -3.52. The third-order valence-electron chi connectivity index (χ3n) is 2.09. The van der Waals surface area contributed by atoms with E-state index in [4.69, 9.17) is 11.6 Å². The molecule has 0 aliphatic heterocycles. The molecule has 0 aliphatic carbocycles. The van der Waals surface area contributed by atoms with Gasteiger partial charge >= 0.3 is 0 Å². The standard InChI is InChI=1S/C10H12Br2ClNO2S/c1-7(13)6-14(2)17(15,16)10-5-8(11)3-4-9(10)12/h3-5,7H,6H2,1-2H3. The number of rotatable bonds is 4. The maximum Gasteiger partial charge on any atom is 0.244 e. The first-order valence-corrected chi connectivity index (χ1v) is 8.27. The van der Waals surface area contributed by atoms with Crippen LogP contribution in [-0.2, 0) is 10.0 Å². The van der Waals surface area contributed by atoms with E-state index < -0.39 is 10.0 Å². The molecule has 3 nitrogen and oxygen atoms in total. The fourth-order valence-electron chi connectivity index (χ4n) is 1.30. The molecule has 0 fully saturated rings. The molecule has 1 atom stereocenters. The van der Waals surface area contributed by atoms with E-state index in [1.54, 1.807) is 25.1 Å². The number of sulfonamides is 1. The lowest BCUT2D eigenvalue weighted by molar-refractivity contribution is 0.470. The fraction of sp³-hybridized carbons (Fsp3) is 0.400. The predicted molar refractivity (Wildman–Crippen MR) is 77.0 cm³/mol. The van der Waals surface area contributed by atoms with Crippen molar-refractivity contribution in [2.45, 2.75) is 17.2 Å². The zero-order valence-electron chi connectivity index (χ0n) is 9.32. The Kier molecular flexibility index (Phi) is 5.46. The van der Waals surface area contributed by atoms with Gasteiger partial charge in [-0.25, -0.2) is 8.42 Å². The third-order valence-corrected chi connectivity index (χ3v) is 5.54. The zero-order chi connectivity index (χ0) is 13.2. The van der Waals surface area contributed by atoms with Crippen LogP contribution in [0.25, 0.3) is 0 Å². The van der Waals surface area contributed by atoms with Crippen LogP contribution in [0.15, 0.2) is 32.0 Å². The summed E-state index contributed by atoms with van der Waals surface area (Å²) < 4.78 is 27.0. The van der Waals surface area contributed by atoms with Crippen LogP contribution in [0, 0.1) is 0 Å². The quantitative estimate of drug-likeness (QED) is 0.720. The van der Waals surface area contributed by atoms with Gasteiger partial charge in [0, 0.05) is 27.9 Å². The number of halogens is 3. The Morgan fingerprint density at radius 3 is 2.53 bits per heavy atom. The van der Waals surface area contributed by atoms with Crippen LogP contribution >= 0.6 is 43.5 Å². The van der Waals surface area contributed by atoms with Gasteiger partial charge in [0.1, 0.15) is 0 Å². The van der Waals surface area contributed by atoms with E-state index in [-0.39, 0.29) is 16.8 Å². The van der Waals surface area contributed by atoms with E-state index in [0.29, 0.717) is 8.95 Å². The van der Waals surface area contributed by atoms with Gasteiger partial charge in [0.25, 0.3) is 0 Å². The first-order valence-electron chi connectivity index (χ1n) is 4.80. The molecule has 0 saturated heterocycles. The summed E-state index contributed by atoms with van der Waals surface area (Å²) in [6.45, 7) is 2.02. The highest BCUT2D eigenvalue weighted by Gasteiger charge is 2.24. The number of alkyl halides is 1. The molecular formula is C10H12Br2ClNO2S. The molecular weight excluding hydrogens is 393 g/mol. The van der Waals surface area contributed by atoms with Crippen molar-refractivity contribution < 1.29 is 8.42 Å². The Balaban J connectivity index is 3.17.